The van der Waals surface area contributed by atoms with Crippen LogP contribution in [-0.4, -0.2) is 48.9 Å². The zero-order chi connectivity index (χ0) is 19.4. The van der Waals surface area contributed by atoms with Crippen LogP contribution in [0.4, 0.5) is 5.69 Å². The van der Waals surface area contributed by atoms with Gasteiger partial charge in [-0.25, -0.2) is 8.42 Å². The number of unbranched alkanes of at least 4 members (excludes halogenated alkanes) is 1. The van der Waals surface area contributed by atoms with Crippen LogP contribution in [0.1, 0.15) is 26.2 Å². The summed E-state index contributed by atoms with van der Waals surface area (Å²) in [5.74, 6) is 0.259. The van der Waals surface area contributed by atoms with Gasteiger partial charge < -0.3 is 9.64 Å². The van der Waals surface area contributed by atoms with Crippen LogP contribution in [0.15, 0.2) is 29.3 Å². The van der Waals surface area contributed by atoms with Crippen LogP contribution in [0.5, 0.6) is 5.75 Å². The van der Waals surface area contributed by atoms with Gasteiger partial charge in [-0.1, -0.05) is 31.2 Å². The molecule has 0 N–H and O–H groups in total. The number of hydrogen-bond donors (Lipinski definition) is 0. The van der Waals surface area contributed by atoms with E-state index in [1.54, 1.807) is 6.07 Å². The molecule has 0 spiro atoms. The number of amidine groups is 1. The van der Waals surface area contributed by atoms with Gasteiger partial charge in [-0.2, -0.15) is 10.3 Å². The Morgan fingerprint density at radius 3 is 3.00 bits per heavy atom. The van der Waals surface area contributed by atoms with Crippen LogP contribution in [0.2, 0.25) is 0 Å². The number of carbonyl (C=O) groups excluding carboxylic acids is 1. The minimum absolute atomic E-state index is 0.0248. The minimum atomic E-state index is -3.12. The molecule has 2 fully saturated rings. The van der Waals surface area contributed by atoms with Crippen LogP contribution in [0.3, 0.4) is 0 Å². The Hall–Kier alpha value is -2.05. The molecule has 2 heterocycles. The summed E-state index contributed by atoms with van der Waals surface area (Å²) in [5, 5.41) is 8.98. The number of hydrogen-bond acceptors (Lipinski definition) is 6. The zero-order valence-corrected chi connectivity index (χ0v) is 16.6. The van der Waals surface area contributed by atoms with E-state index in [-0.39, 0.29) is 29.2 Å². The number of anilines is 1. The van der Waals surface area contributed by atoms with Crippen molar-refractivity contribution in [1.82, 2.24) is 0 Å². The van der Waals surface area contributed by atoms with E-state index in [0.717, 1.165) is 18.5 Å². The molecule has 1 aromatic carbocycles. The van der Waals surface area contributed by atoms with E-state index >= 15 is 0 Å². The third-order valence-corrected chi connectivity index (χ3v) is 7.59. The van der Waals surface area contributed by atoms with Crippen molar-refractivity contribution in [2.45, 2.75) is 37.5 Å². The largest absolute Gasteiger partial charge is 0.494 e. The number of thioether (sulfide) groups is 1. The minimum Gasteiger partial charge on any atom is -0.494 e. The van der Waals surface area contributed by atoms with Gasteiger partial charge in [0.25, 0.3) is 5.91 Å². The molecule has 2 unspecified atom stereocenters. The molecule has 0 bridgehead atoms. The quantitative estimate of drug-likeness (QED) is 0.668. The second-order valence-corrected chi connectivity index (χ2v) is 9.85. The van der Waals surface area contributed by atoms with Crippen LogP contribution in [0, 0.1) is 11.3 Å². The van der Waals surface area contributed by atoms with Gasteiger partial charge in [0.2, 0.25) is 0 Å². The summed E-state index contributed by atoms with van der Waals surface area (Å²) in [6.07, 6.45) is 1.68. The van der Waals surface area contributed by atoms with Crippen molar-refractivity contribution in [3.8, 4) is 11.8 Å². The molecule has 0 radical (unpaired) electrons. The molecule has 144 valence electrons. The van der Waals surface area contributed by atoms with E-state index in [4.69, 9.17) is 10.00 Å². The Morgan fingerprint density at radius 2 is 2.26 bits per heavy atom. The topological polar surface area (TPSA) is 99.8 Å². The standard InChI is InChI=1S/C18H21N3O4S2/c1-2-3-9-25-14-6-4-5-13(10-14)21-15-11-27(23,24)12-16(15)26-18(21)20-17(22)7-8-19/h4-6,10,15-16H,2-3,7,9,11-12H2,1H3. The SMILES string of the molecule is CCCCOc1cccc(N2C(=NC(=O)CC#N)SC3CS(=O)(=O)CC32)c1. The molecular formula is C18H21N3O4S2. The predicted molar refractivity (Wildman–Crippen MR) is 106 cm³/mol. The Morgan fingerprint density at radius 1 is 1.44 bits per heavy atom. The van der Waals surface area contributed by atoms with Gasteiger partial charge in [0.1, 0.15) is 12.2 Å². The molecule has 2 aliphatic heterocycles. The van der Waals surface area contributed by atoms with E-state index in [0.29, 0.717) is 17.5 Å². The summed E-state index contributed by atoms with van der Waals surface area (Å²) in [5.41, 5.74) is 0.740. The molecule has 0 saturated carbocycles. The van der Waals surface area contributed by atoms with Crippen LogP contribution in [-0.2, 0) is 14.6 Å². The fraction of sp³-hybridized carbons (Fsp3) is 0.500. The van der Waals surface area contributed by atoms with Gasteiger partial charge in [-0.15, -0.1) is 0 Å². The fourth-order valence-electron chi connectivity index (χ4n) is 3.14. The number of nitriles is 1. The predicted octanol–water partition coefficient (Wildman–Crippen LogP) is 2.38. The van der Waals surface area contributed by atoms with Gasteiger partial charge in [0, 0.05) is 17.0 Å². The average molecular weight is 408 g/mol. The summed E-state index contributed by atoms with van der Waals surface area (Å²) in [7, 11) is -3.12. The zero-order valence-electron chi connectivity index (χ0n) is 15.0. The summed E-state index contributed by atoms with van der Waals surface area (Å²) < 4.78 is 29.9. The van der Waals surface area contributed by atoms with Crippen LogP contribution >= 0.6 is 11.8 Å². The molecule has 0 aliphatic carbocycles. The first-order valence-electron chi connectivity index (χ1n) is 8.81. The summed E-state index contributed by atoms with van der Waals surface area (Å²) >= 11 is 1.29. The van der Waals surface area contributed by atoms with Gasteiger partial charge in [-0.3, -0.25) is 4.79 Å². The first-order chi connectivity index (χ1) is 12.9. The average Bonchev–Trinajstić information content (AvgIpc) is 3.06. The van der Waals surface area contributed by atoms with E-state index < -0.39 is 15.7 Å². The van der Waals surface area contributed by atoms with Crippen molar-refractivity contribution >= 4 is 38.4 Å². The highest BCUT2D eigenvalue weighted by Gasteiger charge is 2.49. The lowest BCUT2D eigenvalue weighted by molar-refractivity contribution is -0.116. The lowest BCUT2D eigenvalue weighted by Gasteiger charge is -2.25. The van der Waals surface area contributed by atoms with E-state index in [1.807, 2.05) is 29.2 Å². The van der Waals surface area contributed by atoms with Crippen LogP contribution in [0.25, 0.3) is 0 Å². The summed E-state index contributed by atoms with van der Waals surface area (Å²) in [6, 6.07) is 8.90. The molecule has 1 amide bonds. The Labute approximate surface area is 163 Å². The lowest BCUT2D eigenvalue weighted by Crippen LogP contribution is -2.37. The Kier molecular flexibility index (Phi) is 6.07. The summed E-state index contributed by atoms with van der Waals surface area (Å²) in [4.78, 5) is 17.7. The normalized spacial score (nSPS) is 24.6. The number of nitrogens with zero attached hydrogens (tertiary/aromatic N) is 3. The van der Waals surface area contributed by atoms with Gasteiger partial charge in [-0.05, 0) is 18.6 Å². The molecule has 7 nitrogen and oxygen atoms in total. The number of carbonyl (C=O) groups is 1. The van der Waals surface area contributed by atoms with Gasteiger partial charge in [0.05, 0.1) is 30.2 Å². The molecule has 2 atom stereocenters. The number of fused-ring (bicyclic) bond motifs is 1. The highest BCUT2D eigenvalue weighted by Crippen LogP contribution is 2.41. The van der Waals surface area contributed by atoms with Crippen molar-refractivity contribution in [3.05, 3.63) is 24.3 Å². The molecule has 27 heavy (non-hydrogen) atoms. The third-order valence-electron chi connectivity index (χ3n) is 4.38. The monoisotopic (exact) mass is 407 g/mol. The van der Waals surface area contributed by atoms with Crippen molar-refractivity contribution in [2.24, 2.45) is 4.99 Å². The maximum absolute atomic E-state index is 12.1. The van der Waals surface area contributed by atoms with Crippen molar-refractivity contribution in [2.75, 3.05) is 23.0 Å². The molecule has 2 saturated heterocycles. The smallest absolute Gasteiger partial charge is 0.262 e. The Bertz CT molecular complexity index is 892. The van der Waals surface area contributed by atoms with Crippen molar-refractivity contribution < 1.29 is 17.9 Å². The second-order valence-electron chi connectivity index (χ2n) is 6.49. The van der Waals surface area contributed by atoms with E-state index in [9.17, 15) is 13.2 Å². The number of amides is 1. The van der Waals surface area contributed by atoms with Gasteiger partial charge in [0.15, 0.2) is 15.0 Å². The van der Waals surface area contributed by atoms with Crippen molar-refractivity contribution in [1.29, 1.82) is 5.26 Å². The number of ether oxygens (including phenoxy) is 1. The molecule has 9 heteroatoms. The number of benzene rings is 1. The molecule has 3 rings (SSSR count). The Balaban J connectivity index is 1.91. The van der Waals surface area contributed by atoms with E-state index in [1.165, 1.54) is 11.8 Å². The maximum atomic E-state index is 12.1. The van der Waals surface area contributed by atoms with Crippen LogP contribution < -0.4 is 9.64 Å². The highest BCUT2D eigenvalue weighted by molar-refractivity contribution is 8.16. The third kappa shape index (κ3) is 4.62. The number of sulfone groups is 1. The second kappa shape index (κ2) is 8.31. The highest BCUT2D eigenvalue weighted by atomic mass is 32.2. The lowest BCUT2D eigenvalue weighted by atomic mass is 10.2. The molecule has 2 aliphatic rings. The van der Waals surface area contributed by atoms with E-state index in [2.05, 4.69) is 11.9 Å². The fourth-order valence-corrected chi connectivity index (χ4v) is 7.07. The molecular weight excluding hydrogens is 386 g/mol. The molecule has 1 aromatic rings. The summed E-state index contributed by atoms with van der Waals surface area (Å²) in [6.45, 7) is 2.69. The van der Waals surface area contributed by atoms with Crippen molar-refractivity contribution in [3.63, 3.8) is 0 Å². The van der Waals surface area contributed by atoms with Gasteiger partial charge >= 0.3 is 0 Å². The molecule has 0 aromatic heterocycles. The number of aliphatic imine (C=N–C) groups is 1. The first-order valence-corrected chi connectivity index (χ1v) is 11.5. The maximum Gasteiger partial charge on any atom is 0.262 e. The number of rotatable bonds is 6. The first kappa shape index (κ1) is 19.7.